The maximum atomic E-state index is 14.6. The zero-order valence-corrected chi connectivity index (χ0v) is 17.8. The fourth-order valence-corrected chi connectivity index (χ4v) is 5.08. The number of anilines is 1. The Morgan fingerprint density at radius 3 is 2.55 bits per heavy atom. The first-order chi connectivity index (χ1) is 16.0. The fraction of sp³-hybridized carbons (Fsp3) is 0.185. The third-order valence-electron chi connectivity index (χ3n) is 6.93. The molecular formula is C27H21F2N3O. The van der Waals surface area contributed by atoms with Crippen molar-refractivity contribution in [1.29, 1.82) is 0 Å². The van der Waals surface area contributed by atoms with Crippen molar-refractivity contribution in [2.45, 2.75) is 31.1 Å². The Bertz CT molecular complexity index is 1390. The largest absolute Gasteiger partial charge is 0.325 e. The summed E-state index contributed by atoms with van der Waals surface area (Å²) in [6.45, 7) is 0. The van der Waals surface area contributed by atoms with E-state index in [2.05, 4.69) is 22.5 Å². The van der Waals surface area contributed by atoms with Gasteiger partial charge in [-0.2, -0.15) is 5.10 Å². The van der Waals surface area contributed by atoms with E-state index in [0.29, 0.717) is 12.1 Å². The van der Waals surface area contributed by atoms with Gasteiger partial charge in [0.15, 0.2) is 5.82 Å². The fourth-order valence-electron chi connectivity index (χ4n) is 5.08. The third kappa shape index (κ3) is 3.09. The zero-order valence-electron chi connectivity index (χ0n) is 17.8. The summed E-state index contributed by atoms with van der Waals surface area (Å²) in [5.74, 6) is -1.25. The van der Waals surface area contributed by atoms with Crippen LogP contribution in [0.1, 0.15) is 36.0 Å². The van der Waals surface area contributed by atoms with Crippen LogP contribution in [0.5, 0.6) is 0 Å². The maximum Gasteiger partial charge on any atom is 0.235 e. The van der Waals surface area contributed by atoms with E-state index < -0.39 is 17.0 Å². The molecule has 1 amide bonds. The Labute approximate surface area is 189 Å². The number of fused-ring (bicyclic) bond motifs is 2. The van der Waals surface area contributed by atoms with E-state index in [9.17, 15) is 13.6 Å². The van der Waals surface area contributed by atoms with Crippen LogP contribution in [0.3, 0.4) is 0 Å². The summed E-state index contributed by atoms with van der Waals surface area (Å²) in [5.41, 5.74) is 5.28. The highest BCUT2D eigenvalue weighted by atomic mass is 19.1. The second-order valence-electron chi connectivity index (χ2n) is 8.83. The van der Waals surface area contributed by atoms with Gasteiger partial charge >= 0.3 is 0 Å². The van der Waals surface area contributed by atoms with E-state index in [4.69, 9.17) is 0 Å². The first-order valence-corrected chi connectivity index (χ1v) is 11.1. The Morgan fingerprint density at radius 2 is 1.82 bits per heavy atom. The van der Waals surface area contributed by atoms with Crippen molar-refractivity contribution in [3.8, 4) is 16.9 Å². The molecule has 6 heteroatoms. The Kier molecular flexibility index (Phi) is 4.43. The number of hydrogen-bond acceptors (Lipinski definition) is 2. The Morgan fingerprint density at radius 1 is 1.00 bits per heavy atom. The van der Waals surface area contributed by atoms with Gasteiger partial charge in [-0.1, -0.05) is 36.8 Å². The monoisotopic (exact) mass is 441 g/mol. The summed E-state index contributed by atoms with van der Waals surface area (Å²) in [5, 5.41) is 7.47. The first-order valence-electron chi connectivity index (χ1n) is 11.1. The van der Waals surface area contributed by atoms with E-state index >= 15 is 0 Å². The highest BCUT2D eigenvalue weighted by molar-refractivity contribution is 6.08. The predicted octanol–water partition coefficient (Wildman–Crippen LogP) is 5.78. The molecule has 1 saturated carbocycles. The molecule has 1 aromatic heterocycles. The molecule has 1 N–H and O–H groups in total. The van der Waals surface area contributed by atoms with Crippen LogP contribution < -0.4 is 5.32 Å². The van der Waals surface area contributed by atoms with Gasteiger partial charge in [0.05, 0.1) is 17.3 Å². The van der Waals surface area contributed by atoms with E-state index in [1.807, 2.05) is 36.4 Å². The summed E-state index contributed by atoms with van der Waals surface area (Å²) in [7, 11) is 0. The number of benzene rings is 3. The molecule has 2 heterocycles. The van der Waals surface area contributed by atoms with Gasteiger partial charge in [-0.15, -0.1) is 0 Å². The summed E-state index contributed by atoms with van der Waals surface area (Å²) in [6, 6.07) is 19.5. The van der Waals surface area contributed by atoms with Crippen molar-refractivity contribution in [3.05, 3.63) is 101 Å². The van der Waals surface area contributed by atoms with Crippen LogP contribution >= 0.6 is 0 Å². The van der Waals surface area contributed by atoms with Gasteiger partial charge in [0.2, 0.25) is 5.91 Å². The van der Waals surface area contributed by atoms with Gasteiger partial charge in [-0.3, -0.25) is 4.79 Å². The van der Waals surface area contributed by atoms with Gasteiger partial charge in [0.25, 0.3) is 0 Å². The molecule has 3 aromatic carbocycles. The lowest BCUT2D eigenvalue weighted by Gasteiger charge is -2.36. The second-order valence-corrected chi connectivity index (χ2v) is 8.83. The highest BCUT2D eigenvalue weighted by Crippen LogP contribution is 2.53. The number of halogens is 2. The van der Waals surface area contributed by atoms with E-state index in [1.54, 1.807) is 6.20 Å². The minimum absolute atomic E-state index is 0.0632. The Hall–Kier alpha value is -3.80. The molecular weight excluding hydrogens is 420 g/mol. The van der Waals surface area contributed by atoms with E-state index in [0.717, 1.165) is 53.3 Å². The lowest BCUT2D eigenvalue weighted by atomic mass is 9.64. The topological polar surface area (TPSA) is 46.9 Å². The normalized spacial score (nSPS) is 15.9. The van der Waals surface area contributed by atoms with E-state index in [-0.39, 0.29) is 11.6 Å². The van der Waals surface area contributed by atoms with Gasteiger partial charge in [0, 0.05) is 17.3 Å². The Balaban J connectivity index is 1.53. The molecule has 0 saturated heterocycles. The SMILES string of the molecule is O=C1Nc2c(Cc3ccccc3)cc(-c3ccnn3-c3ccc(F)cc3F)cc2C12CCC2. The van der Waals surface area contributed by atoms with E-state index in [1.165, 1.54) is 16.8 Å². The lowest BCUT2D eigenvalue weighted by Crippen LogP contribution is -2.40. The van der Waals surface area contributed by atoms with Crippen LogP contribution in [0.2, 0.25) is 0 Å². The average molecular weight is 441 g/mol. The van der Waals surface area contributed by atoms with Gasteiger partial charge in [-0.25, -0.2) is 13.5 Å². The smallest absolute Gasteiger partial charge is 0.235 e. The number of carbonyl (C=O) groups excluding carboxylic acids is 1. The summed E-state index contributed by atoms with van der Waals surface area (Å²) in [4.78, 5) is 13.0. The second kappa shape index (κ2) is 7.37. The molecule has 1 spiro atoms. The molecule has 1 aliphatic carbocycles. The molecule has 6 rings (SSSR count). The van der Waals surface area contributed by atoms with Crippen molar-refractivity contribution >= 4 is 11.6 Å². The van der Waals surface area contributed by atoms with Crippen molar-refractivity contribution < 1.29 is 13.6 Å². The minimum Gasteiger partial charge on any atom is -0.325 e. The van der Waals surface area contributed by atoms with Crippen molar-refractivity contribution in [2.24, 2.45) is 0 Å². The van der Waals surface area contributed by atoms with Crippen molar-refractivity contribution in [3.63, 3.8) is 0 Å². The summed E-state index contributed by atoms with van der Waals surface area (Å²) in [6.07, 6.45) is 4.93. The van der Waals surface area contributed by atoms with Crippen molar-refractivity contribution in [1.82, 2.24) is 9.78 Å². The molecule has 164 valence electrons. The molecule has 4 aromatic rings. The molecule has 1 aliphatic heterocycles. The predicted molar refractivity (Wildman–Crippen MR) is 122 cm³/mol. The molecule has 0 atom stereocenters. The minimum atomic E-state index is -0.682. The van der Waals surface area contributed by atoms with Gasteiger partial charge in [0.1, 0.15) is 11.5 Å². The van der Waals surface area contributed by atoms with Crippen LogP contribution in [0.4, 0.5) is 14.5 Å². The third-order valence-corrected chi connectivity index (χ3v) is 6.93. The lowest BCUT2D eigenvalue weighted by molar-refractivity contribution is -0.123. The molecule has 1 fully saturated rings. The number of hydrogen-bond donors (Lipinski definition) is 1. The van der Waals surface area contributed by atoms with Crippen LogP contribution in [0, 0.1) is 11.6 Å². The molecule has 0 bridgehead atoms. The van der Waals surface area contributed by atoms with Crippen LogP contribution in [0.15, 0.2) is 72.9 Å². The van der Waals surface area contributed by atoms with Crippen LogP contribution in [-0.2, 0) is 16.6 Å². The zero-order chi connectivity index (χ0) is 22.6. The number of nitrogens with one attached hydrogen (secondary N) is 1. The standard InChI is InChI=1S/C27H21F2N3O/c28-20-7-8-24(22(29)16-20)32-23(9-12-30-32)18-14-19(13-17-5-2-1-3-6-17)25-21(15-18)27(10-4-11-27)26(33)31-25/h1-3,5-9,12,14-16H,4,10-11,13H2,(H,31,33). The number of carbonyl (C=O) groups is 1. The molecule has 33 heavy (non-hydrogen) atoms. The van der Waals surface area contributed by atoms with Gasteiger partial charge in [-0.05, 0) is 66.3 Å². The number of aromatic nitrogens is 2. The summed E-state index contributed by atoms with van der Waals surface area (Å²) >= 11 is 0. The molecule has 0 radical (unpaired) electrons. The first kappa shape index (κ1) is 19.9. The number of rotatable bonds is 4. The number of nitrogens with zero attached hydrogens (tertiary/aromatic N) is 2. The van der Waals surface area contributed by atoms with Crippen LogP contribution in [0.25, 0.3) is 16.9 Å². The maximum absolute atomic E-state index is 14.6. The quantitative estimate of drug-likeness (QED) is 0.436. The summed E-state index contributed by atoms with van der Waals surface area (Å²) < 4.78 is 29.5. The molecule has 0 unspecified atom stereocenters. The van der Waals surface area contributed by atoms with Crippen LogP contribution in [-0.4, -0.2) is 15.7 Å². The van der Waals surface area contributed by atoms with Gasteiger partial charge < -0.3 is 5.32 Å². The highest BCUT2D eigenvalue weighted by Gasteiger charge is 2.51. The number of amides is 1. The molecule has 2 aliphatic rings. The average Bonchev–Trinajstić information content (AvgIpc) is 3.36. The van der Waals surface area contributed by atoms with Crippen molar-refractivity contribution in [2.75, 3.05) is 5.32 Å². The molecule has 4 nitrogen and oxygen atoms in total.